The molecule has 1 aliphatic carbocycles. The van der Waals surface area contributed by atoms with Crippen LogP contribution in [0.4, 0.5) is 0 Å². The molecule has 0 radical (unpaired) electrons. The lowest BCUT2D eigenvalue weighted by Crippen LogP contribution is -2.50. The Morgan fingerprint density at radius 2 is 1.93 bits per heavy atom. The van der Waals surface area contributed by atoms with E-state index >= 15 is 0 Å². The highest BCUT2D eigenvalue weighted by atomic mass is 32.2. The van der Waals surface area contributed by atoms with Crippen LogP contribution in [-0.4, -0.2) is 60.0 Å². The molecule has 1 saturated carbocycles. The SMILES string of the molecule is Cc1csc(=O)n1CCC(=O)OCC(=O)N(C1CCCCC1)C1CCS(=O)(=O)C1. The first-order valence-corrected chi connectivity index (χ1v) is 12.8. The molecule has 1 aliphatic heterocycles. The van der Waals surface area contributed by atoms with Gasteiger partial charge in [0.2, 0.25) is 0 Å². The van der Waals surface area contributed by atoms with Gasteiger partial charge in [-0.1, -0.05) is 30.6 Å². The molecule has 1 amide bonds. The van der Waals surface area contributed by atoms with Crippen molar-refractivity contribution in [3.8, 4) is 0 Å². The van der Waals surface area contributed by atoms with Gasteiger partial charge < -0.3 is 14.2 Å². The van der Waals surface area contributed by atoms with Gasteiger partial charge >= 0.3 is 10.8 Å². The van der Waals surface area contributed by atoms with Crippen molar-refractivity contribution < 1.29 is 22.7 Å². The Bertz CT molecular complexity index is 898. The Labute approximate surface area is 174 Å². The van der Waals surface area contributed by atoms with E-state index in [-0.39, 0.29) is 53.9 Å². The maximum atomic E-state index is 12.9. The van der Waals surface area contributed by atoms with E-state index in [1.165, 1.54) is 4.57 Å². The minimum absolute atomic E-state index is 0.00595. The summed E-state index contributed by atoms with van der Waals surface area (Å²) in [5.41, 5.74) is 0.787. The van der Waals surface area contributed by atoms with E-state index in [2.05, 4.69) is 0 Å². The van der Waals surface area contributed by atoms with Gasteiger partial charge in [0, 0.05) is 29.7 Å². The molecule has 0 spiro atoms. The molecule has 8 nitrogen and oxygen atoms in total. The van der Waals surface area contributed by atoms with Gasteiger partial charge in [0.1, 0.15) is 0 Å². The van der Waals surface area contributed by atoms with Gasteiger partial charge in [-0.15, -0.1) is 0 Å². The van der Waals surface area contributed by atoms with Gasteiger partial charge in [0.05, 0.1) is 17.9 Å². The lowest BCUT2D eigenvalue weighted by Gasteiger charge is -2.38. The fraction of sp³-hybridized carbons (Fsp3) is 0.737. The number of hydrogen-bond donors (Lipinski definition) is 0. The van der Waals surface area contributed by atoms with E-state index in [0.717, 1.165) is 49.1 Å². The number of aryl methyl sites for hydroxylation is 1. The second-order valence-electron chi connectivity index (χ2n) is 7.86. The van der Waals surface area contributed by atoms with Gasteiger partial charge in [0.25, 0.3) is 5.91 Å². The summed E-state index contributed by atoms with van der Waals surface area (Å²) in [5.74, 6) is -0.776. The highest BCUT2D eigenvalue weighted by Crippen LogP contribution is 2.28. The first kappa shape index (κ1) is 22.0. The van der Waals surface area contributed by atoms with E-state index in [1.807, 2.05) is 0 Å². The van der Waals surface area contributed by atoms with Crippen LogP contribution in [0.2, 0.25) is 0 Å². The van der Waals surface area contributed by atoms with E-state index < -0.39 is 15.8 Å². The van der Waals surface area contributed by atoms with Gasteiger partial charge in [0.15, 0.2) is 16.4 Å². The van der Waals surface area contributed by atoms with Gasteiger partial charge in [-0.25, -0.2) is 8.42 Å². The van der Waals surface area contributed by atoms with E-state index in [4.69, 9.17) is 4.74 Å². The molecule has 2 fully saturated rings. The van der Waals surface area contributed by atoms with Crippen molar-refractivity contribution >= 4 is 33.1 Å². The summed E-state index contributed by atoms with van der Waals surface area (Å²) in [4.78, 5) is 38.2. The molecule has 1 aromatic heterocycles. The highest BCUT2D eigenvalue weighted by molar-refractivity contribution is 7.91. The highest BCUT2D eigenvalue weighted by Gasteiger charge is 2.38. The molecule has 1 aromatic rings. The minimum Gasteiger partial charge on any atom is -0.456 e. The molecular weight excluding hydrogens is 416 g/mol. The third kappa shape index (κ3) is 5.69. The number of hydrogen-bond acceptors (Lipinski definition) is 7. The first-order valence-electron chi connectivity index (χ1n) is 10.1. The Morgan fingerprint density at radius 1 is 1.21 bits per heavy atom. The van der Waals surface area contributed by atoms with Crippen molar-refractivity contribution in [2.24, 2.45) is 0 Å². The summed E-state index contributed by atoms with van der Waals surface area (Å²) in [6, 6.07) is -0.318. The summed E-state index contributed by atoms with van der Waals surface area (Å²) in [7, 11) is -3.12. The average molecular weight is 445 g/mol. The van der Waals surface area contributed by atoms with Crippen molar-refractivity contribution in [3.05, 3.63) is 20.7 Å². The molecule has 10 heteroatoms. The number of aromatic nitrogens is 1. The van der Waals surface area contributed by atoms with E-state index in [1.54, 1.807) is 17.2 Å². The lowest BCUT2D eigenvalue weighted by atomic mass is 9.93. The number of sulfone groups is 1. The Hall–Kier alpha value is -1.68. The molecular formula is C19H28N2O6S2. The van der Waals surface area contributed by atoms with Gasteiger partial charge in [-0.2, -0.15) is 0 Å². The molecule has 1 atom stereocenters. The Kier molecular flexibility index (Phi) is 7.15. The number of amides is 1. The molecule has 2 aliphatic rings. The molecule has 0 bridgehead atoms. The molecule has 1 saturated heterocycles. The van der Waals surface area contributed by atoms with E-state index in [9.17, 15) is 22.8 Å². The fourth-order valence-electron chi connectivity index (χ4n) is 4.23. The standard InChI is InChI=1S/C19H28N2O6S2/c1-14-12-28-19(24)20(14)9-7-18(23)27-11-17(22)21(15-5-3-2-4-6-15)16-8-10-29(25,26)13-16/h12,15-16H,2-11,13H2,1H3. The van der Waals surface area contributed by atoms with Crippen LogP contribution in [0.1, 0.15) is 50.6 Å². The Morgan fingerprint density at radius 3 is 2.52 bits per heavy atom. The quantitative estimate of drug-likeness (QED) is 0.591. The van der Waals surface area contributed by atoms with Crippen LogP contribution < -0.4 is 4.87 Å². The van der Waals surface area contributed by atoms with Crippen LogP contribution in [0.5, 0.6) is 0 Å². The van der Waals surface area contributed by atoms with Crippen LogP contribution in [0.15, 0.2) is 10.2 Å². The molecule has 29 heavy (non-hydrogen) atoms. The van der Waals surface area contributed by atoms with Gasteiger partial charge in [-0.3, -0.25) is 14.4 Å². The molecule has 3 rings (SSSR count). The Balaban J connectivity index is 1.57. The first-order chi connectivity index (χ1) is 13.8. The van der Waals surface area contributed by atoms with Crippen molar-refractivity contribution in [1.29, 1.82) is 0 Å². The van der Waals surface area contributed by atoms with Crippen LogP contribution >= 0.6 is 11.3 Å². The topological polar surface area (TPSA) is 103 Å². The van der Waals surface area contributed by atoms with E-state index in [0.29, 0.717) is 6.42 Å². The van der Waals surface area contributed by atoms with Crippen LogP contribution in [0, 0.1) is 6.92 Å². The smallest absolute Gasteiger partial charge is 0.308 e. The summed E-state index contributed by atoms with van der Waals surface area (Å²) in [6.45, 7) is 1.63. The summed E-state index contributed by atoms with van der Waals surface area (Å²) in [5, 5.41) is 1.73. The number of thiazole rings is 1. The minimum atomic E-state index is -3.12. The zero-order chi connectivity index (χ0) is 21.0. The van der Waals surface area contributed by atoms with Crippen molar-refractivity contribution in [2.75, 3.05) is 18.1 Å². The largest absolute Gasteiger partial charge is 0.456 e. The maximum absolute atomic E-state index is 12.9. The summed E-state index contributed by atoms with van der Waals surface area (Å²) < 4.78 is 30.5. The number of esters is 1. The average Bonchev–Trinajstić information content (AvgIpc) is 3.20. The molecule has 1 unspecified atom stereocenters. The number of nitrogens with zero attached hydrogens (tertiary/aromatic N) is 2. The fourth-order valence-corrected chi connectivity index (χ4v) is 6.70. The van der Waals surface area contributed by atoms with Crippen molar-refractivity contribution in [3.63, 3.8) is 0 Å². The summed E-state index contributed by atoms with van der Waals surface area (Å²) >= 11 is 1.08. The second-order valence-corrected chi connectivity index (χ2v) is 10.9. The van der Waals surface area contributed by atoms with Gasteiger partial charge in [-0.05, 0) is 26.2 Å². The lowest BCUT2D eigenvalue weighted by molar-refractivity contribution is -0.154. The second kappa shape index (κ2) is 9.42. The third-order valence-corrected chi connectivity index (χ3v) is 8.36. The predicted octanol–water partition coefficient (Wildman–Crippen LogP) is 1.50. The number of rotatable bonds is 7. The molecule has 2 heterocycles. The molecule has 0 N–H and O–H groups in total. The van der Waals surface area contributed by atoms with Crippen LogP contribution in [-0.2, 0) is 30.7 Å². The van der Waals surface area contributed by atoms with Crippen LogP contribution in [0.3, 0.4) is 0 Å². The zero-order valence-electron chi connectivity index (χ0n) is 16.7. The third-order valence-electron chi connectivity index (χ3n) is 5.73. The number of ether oxygens (including phenoxy) is 1. The number of carbonyl (C=O) groups excluding carboxylic acids is 2. The van der Waals surface area contributed by atoms with Crippen LogP contribution in [0.25, 0.3) is 0 Å². The maximum Gasteiger partial charge on any atom is 0.308 e. The summed E-state index contributed by atoms with van der Waals surface area (Å²) in [6.07, 6.45) is 5.32. The van der Waals surface area contributed by atoms with Crippen molar-refractivity contribution in [2.45, 2.75) is 70.5 Å². The zero-order valence-corrected chi connectivity index (χ0v) is 18.3. The number of carbonyl (C=O) groups is 2. The monoisotopic (exact) mass is 444 g/mol. The predicted molar refractivity (Wildman–Crippen MR) is 110 cm³/mol. The molecule has 162 valence electrons. The molecule has 0 aromatic carbocycles. The normalized spacial score (nSPS) is 21.8. The van der Waals surface area contributed by atoms with Crippen molar-refractivity contribution in [1.82, 2.24) is 9.47 Å².